The van der Waals surface area contributed by atoms with Gasteiger partial charge in [-0.1, -0.05) is 164 Å². The number of hydrogen-bond acceptors (Lipinski definition) is 3. The van der Waals surface area contributed by atoms with Crippen molar-refractivity contribution in [2.24, 2.45) is 0 Å². The third-order valence-corrected chi connectivity index (χ3v) is 11.9. The number of anilines is 3. The lowest BCUT2D eigenvalue weighted by Crippen LogP contribution is -2.10. The van der Waals surface area contributed by atoms with Crippen LogP contribution < -0.4 is 4.90 Å². The molecule has 0 spiro atoms. The number of rotatable bonds is 6. The smallest absolute Gasteiger partial charge is 0.159 e. The molecule has 3 nitrogen and oxygen atoms in total. The van der Waals surface area contributed by atoms with Crippen molar-refractivity contribution in [3.8, 4) is 33.4 Å². The Balaban J connectivity index is 1.04. The van der Waals surface area contributed by atoms with E-state index in [0.29, 0.717) is 0 Å². The first kappa shape index (κ1) is 33.3. The van der Waals surface area contributed by atoms with Gasteiger partial charge in [0, 0.05) is 38.5 Å². The molecule has 3 heteroatoms. The predicted molar refractivity (Wildman–Crippen MR) is 247 cm³/mol. The van der Waals surface area contributed by atoms with Crippen LogP contribution in [0, 0.1) is 0 Å². The maximum absolute atomic E-state index is 7.00. The first-order valence-electron chi connectivity index (χ1n) is 20.1. The van der Waals surface area contributed by atoms with E-state index >= 15 is 0 Å². The Morgan fingerprint density at radius 3 is 1.63 bits per heavy atom. The van der Waals surface area contributed by atoms with Crippen LogP contribution in [0.15, 0.2) is 221 Å². The van der Waals surface area contributed by atoms with Crippen LogP contribution in [0.4, 0.5) is 17.1 Å². The third-order valence-electron chi connectivity index (χ3n) is 11.9. The molecule has 0 aliphatic rings. The van der Waals surface area contributed by atoms with Gasteiger partial charge in [0.2, 0.25) is 0 Å². The van der Waals surface area contributed by atoms with Crippen molar-refractivity contribution < 1.29 is 8.83 Å². The van der Waals surface area contributed by atoms with Crippen molar-refractivity contribution in [3.05, 3.63) is 212 Å². The van der Waals surface area contributed by atoms with Crippen LogP contribution in [-0.4, -0.2) is 0 Å². The maximum Gasteiger partial charge on any atom is 0.159 e. The second-order valence-corrected chi connectivity index (χ2v) is 15.2. The molecule has 0 unspecified atom stereocenters. The van der Waals surface area contributed by atoms with Gasteiger partial charge in [0.15, 0.2) is 5.58 Å². The molecule has 0 aliphatic heterocycles. The fourth-order valence-electron chi connectivity index (χ4n) is 9.14. The maximum atomic E-state index is 7.00. The summed E-state index contributed by atoms with van der Waals surface area (Å²) in [7, 11) is 0. The van der Waals surface area contributed by atoms with Crippen molar-refractivity contribution in [3.63, 3.8) is 0 Å². The van der Waals surface area contributed by atoms with Crippen molar-refractivity contribution in [1.82, 2.24) is 0 Å². The molecule has 0 saturated carbocycles. The Hall–Kier alpha value is -7.88. The van der Waals surface area contributed by atoms with Gasteiger partial charge in [-0.05, 0) is 97.9 Å². The molecule has 0 radical (unpaired) electrons. The molecule has 0 saturated heterocycles. The van der Waals surface area contributed by atoms with Gasteiger partial charge >= 0.3 is 0 Å². The highest BCUT2D eigenvalue weighted by Crippen LogP contribution is 2.46. The lowest BCUT2D eigenvalue weighted by Gasteiger charge is -2.26. The summed E-state index contributed by atoms with van der Waals surface area (Å²) in [6, 6.07) is 75.6. The van der Waals surface area contributed by atoms with E-state index in [-0.39, 0.29) is 0 Å². The molecule has 2 aromatic heterocycles. The Morgan fingerprint density at radius 1 is 0.305 bits per heavy atom. The van der Waals surface area contributed by atoms with Gasteiger partial charge in [0.1, 0.15) is 16.7 Å². The molecule has 0 amide bonds. The first-order valence-corrected chi connectivity index (χ1v) is 20.1. The van der Waals surface area contributed by atoms with Crippen LogP contribution in [0.2, 0.25) is 0 Å². The minimum absolute atomic E-state index is 0.842. The van der Waals surface area contributed by atoms with E-state index in [2.05, 4.69) is 205 Å². The van der Waals surface area contributed by atoms with E-state index in [1.807, 2.05) is 12.1 Å². The van der Waals surface area contributed by atoms with Gasteiger partial charge in [-0.3, -0.25) is 0 Å². The summed E-state index contributed by atoms with van der Waals surface area (Å²) in [5, 5.41) is 9.43. The number of fused-ring (bicyclic) bond motifs is 9. The van der Waals surface area contributed by atoms with Crippen LogP contribution in [0.1, 0.15) is 0 Å². The molecule has 0 atom stereocenters. The second kappa shape index (κ2) is 13.4. The molecule has 12 rings (SSSR count). The number of benzene rings is 10. The minimum Gasteiger partial charge on any atom is -0.456 e. The largest absolute Gasteiger partial charge is 0.456 e. The molecule has 0 aliphatic carbocycles. The number of furan rings is 2. The molecule has 10 aromatic carbocycles. The fraction of sp³-hybridized carbons (Fsp3) is 0. The van der Waals surface area contributed by atoms with Crippen molar-refractivity contribution in [2.75, 3.05) is 4.90 Å². The summed E-state index contributed by atoms with van der Waals surface area (Å²) in [6.07, 6.45) is 0. The van der Waals surface area contributed by atoms with E-state index in [1.54, 1.807) is 0 Å². The molecule has 276 valence electrons. The van der Waals surface area contributed by atoms with Crippen LogP contribution in [-0.2, 0) is 0 Å². The predicted octanol–water partition coefficient (Wildman–Crippen LogP) is 16.3. The molecule has 2 heterocycles. The molecular weight excluding hydrogens is 719 g/mol. The Labute approximate surface area is 340 Å². The molecule has 59 heavy (non-hydrogen) atoms. The standard InChI is InChI=1S/C56H35NO2/c1-2-13-36(14-3-1)44-21-10-22-47-48-23-11-24-51(56(48)59-55(44)47)57(40-31-27-37(28-32-40)43-20-12-26-53-54(43)49-19-8-9-25-52(49)58-53)41-33-29-38(30-34-41)50-35-39-15-4-5-16-42(39)45-17-6-7-18-46(45)50/h1-35H. The average Bonchev–Trinajstić information content (AvgIpc) is 3.89. The van der Waals surface area contributed by atoms with Gasteiger partial charge in [0.05, 0.1) is 5.69 Å². The van der Waals surface area contributed by atoms with Crippen LogP contribution in [0.5, 0.6) is 0 Å². The highest BCUT2D eigenvalue weighted by Gasteiger charge is 2.22. The van der Waals surface area contributed by atoms with E-state index in [1.165, 1.54) is 32.7 Å². The summed E-state index contributed by atoms with van der Waals surface area (Å²) >= 11 is 0. The van der Waals surface area contributed by atoms with Gasteiger partial charge in [-0.25, -0.2) is 0 Å². The Kier molecular flexibility index (Phi) is 7.54. The number of nitrogens with zero attached hydrogens (tertiary/aromatic N) is 1. The molecule has 0 N–H and O–H groups in total. The molecule has 0 fully saturated rings. The van der Waals surface area contributed by atoms with Crippen LogP contribution in [0.25, 0.3) is 98.8 Å². The van der Waals surface area contributed by atoms with E-state index in [0.717, 1.165) is 83.2 Å². The zero-order chi connectivity index (χ0) is 38.9. The first-order chi connectivity index (χ1) is 29.3. The van der Waals surface area contributed by atoms with E-state index in [9.17, 15) is 0 Å². The highest BCUT2D eigenvalue weighted by molar-refractivity contribution is 6.16. The van der Waals surface area contributed by atoms with Crippen molar-refractivity contribution >= 4 is 82.5 Å². The summed E-state index contributed by atoms with van der Waals surface area (Å²) in [4.78, 5) is 2.33. The molecular formula is C56H35NO2. The van der Waals surface area contributed by atoms with E-state index in [4.69, 9.17) is 8.83 Å². The number of para-hydroxylation sites is 3. The normalized spacial score (nSPS) is 11.7. The monoisotopic (exact) mass is 753 g/mol. The SMILES string of the molecule is c1ccc(-c2cccc3c2oc2c(N(c4ccc(-c5cc6ccccc6c6ccccc56)cc4)c4ccc(-c5cccc6oc7ccccc7c56)cc4)cccc23)cc1. The van der Waals surface area contributed by atoms with Gasteiger partial charge in [-0.15, -0.1) is 0 Å². The highest BCUT2D eigenvalue weighted by atomic mass is 16.3. The van der Waals surface area contributed by atoms with Crippen molar-refractivity contribution in [2.45, 2.75) is 0 Å². The third kappa shape index (κ3) is 5.36. The minimum atomic E-state index is 0.842. The van der Waals surface area contributed by atoms with Crippen molar-refractivity contribution in [1.29, 1.82) is 0 Å². The summed E-state index contributed by atoms with van der Waals surface area (Å²) in [6.45, 7) is 0. The Morgan fingerprint density at radius 2 is 0.847 bits per heavy atom. The zero-order valence-electron chi connectivity index (χ0n) is 32.0. The van der Waals surface area contributed by atoms with E-state index < -0.39 is 0 Å². The van der Waals surface area contributed by atoms with Crippen LogP contribution in [0.3, 0.4) is 0 Å². The van der Waals surface area contributed by atoms with Gasteiger partial charge < -0.3 is 13.7 Å². The lowest BCUT2D eigenvalue weighted by atomic mass is 9.93. The quantitative estimate of drug-likeness (QED) is 0.158. The van der Waals surface area contributed by atoms with Crippen LogP contribution >= 0.6 is 0 Å². The fourth-order valence-corrected chi connectivity index (χ4v) is 9.14. The second-order valence-electron chi connectivity index (χ2n) is 15.2. The zero-order valence-corrected chi connectivity index (χ0v) is 32.0. The molecule has 12 aromatic rings. The average molecular weight is 754 g/mol. The number of hydrogen-bond donors (Lipinski definition) is 0. The topological polar surface area (TPSA) is 29.5 Å². The summed E-state index contributed by atoms with van der Waals surface area (Å²) in [5.74, 6) is 0. The summed E-state index contributed by atoms with van der Waals surface area (Å²) in [5.41, 5.74) is 13.4. The molecule has 0 bridgehead atoms. The summed E-state index contributed by atoms with van der Waals surface area (Å²) < 4.78 is 13.3. The van der Waals surface area contributed by atoms with Gasteiger partial charge in [-0.2, -0.15) is 0 Å². The lowest BCUT2D eigenvalue weighted by molar-refractivity contribution is 0.669. The van der Waals surface area contributed by atoms with Gasteiger partial charge in [0.25, 0.3) is 0 Å². The Bertz CT molecular complexity index is 3540.